The molecule has 4 aromatic rings. The van der Waals surface area contributed by atoms with Crippen molar-refractivity contribution in [2.24, 2.45) is 0 Å². The fourth-order valence-electron chi connectivity index (χ4n) is 5.38. The number of hydrogen-bond acceptors (Lipinski definition) is 11. The molecule has 0 spiro atoms. The standard InChI is InChI=1S/C20H24O3.C18H20O.C5H6O5.C5H6O4/c1-5-22-18-10-6-16(7-11-18)20(3,4)17-8-12-19(13-9-17)23-14-15(2)21;1-5-19-17-12-10-16(11-13-17)18(3,4)15-8-6-14(2)7-9-15;1-9-5(8)3-2(10-3)4(6)7;1-9-5(8)3-2-4(6)7/h5-13,15,21H,1,14H2,2-4H3;5-13H,1H2,2-4H3;2-3H,1H3,(H,6,7);2-3H,1H3,(H,6,7)/b;;;3-2+/t;;2-,3?;/m..0./s1. The molecule has 0 aliphatic carbocycles. The minimum absolute atomic E-state index is 0.0135. The van der Waals surface area contributed by atoms with Gasteiger partial charge in [0.1, 0.15) is 23.9 Å². The molecule has 0 aromatic heterocycles. The van der Waals surface area contributed by atoms with Gasteiger partial charge in [-0.1, -0.05) is 107 Å². The molecule has 1 fully saturated rings. The van der Waals surface area contributed by atoms with Crippen molar-refractivity contribution < 1.29 is 62.9 Å². The molecule has 1 heterocycles. The second-order valence-corrected chi connectivity index (χ2v) is 14.5. The monoisotopic (exact) mass is 840 g/mol. The van der Waals surface area contributed by atoms with E-state index >= 15 is 0 Å². The Bertz CT molecular complexity index is 2050. The number of aliphatic hydroxyl groups is 1. The van der Waals surface area contributed by atoms with Crippen LogP contribution < -0.4 is 14.2 Å². The lowest BCUT2D eigenvalue weighted by atomic mass is 9.78. The van der Waals surface area contributed by atoms with Gasteiger partial charge in [0.2, 0.25) is 0 Å². The van der Waals surface area contributed by atoms with E-state index in [9.17, 15) is 24.3 Å². The van der Waals surface area contributed by atoms with Crippen molar-refractivity contribution in [1.82, 2.24) is 0 Å². The summed E-state index contributed by atoms with van der Waals surface area (Å²) >= 11 is 0. The van der Waals surface area contributed by atoms with Crippen molar-refractivity contribution in [3.63, 3.8) is 0 Å². The van der Waals surface area contributed by atoms with E-state index in [4.69, 9.17) is 24.4 Å². The summed E-state index contributed by atoms with van der Waals surface area (Å²) in [5.41, 5.74) is 6.12. The maximum Gasteiger partial charge on any atom is 0.338 e. The van der Waals surface area contributed by atoms with Crippen molar-refractivity contribution >= 4 is 23.9 Å². The molecular weight excluding hydrogens is 785 g/mol. The van der Waals surface area contributed by atoms with Crippen LogP contribution in [0.1, 0.15) is 62.4 Å². The topological polar surface area (TPSA) is 188 Å². The van der Waals surface area contributed by atoms with E-state index in [0.717, 1.165) is 23.3 Å². The van der Waals surface area contributed by atoms with Gasteiger partial charge in [-0.2, -0.15) is 0 Å². The van der Waals surface area contributed by atoms with Gasteiger partial charge in [0.15, 0.2) is 12.2 Å². The number of hydrogen-bond donors (Lipinski definition) is 3. The number of carboxylic acid groups (broad SMARTS) is 2. The lowest BCUT2D eigenvalue weighted by Gasteiger charge is -2.26. The number of carbonyl (C=O) groups excluding carboxylic acids is 2. The van der Waals surface area contributed by atoms with Crippen LogP contribution in [0, 0.1) is 6.92 Å². The highest BCUT2D eigenvalue weighted by Crippen LogP contribution is 2.34. The third kappa shape index (κ3) is 16.8. The molecular formula is C48H56O13. The number of epoxide rings is 1. The maximum atomic E-state index is 10.5. The van der Waals surface area contributed by atoms with Crippen LogP contribution in [0.25, 0.3) is 0 Å². The van der Waals surface area contributed by atoms with Crippen molar-refractivity contribution in [3.05, 3.63) is 163 Å². The number of benzene rings is 4. The summed E-state index contributed by atoms with van der Waals surface area (Å²) in [6, 6.07) is 32.9. The zero-order chi connectivity index (χ0) is 45.8. The van der Waals surface area contributed by atoms with E-state index in [1.807, 2.05) is 36.4 Å². The van der Waals surface area contributed by atoms with E-state index in [1.54, 1.807) is 6.92 Å². The number of esters is 2. The minimum atomic E-state index is -1.17. The Hall–Kier alpha value is -6.70. The summed E-state index contributed by atoms with van der Waals surface area (Å²) in [4.78, 5) is 40.4. The second-order valence-electron chi connectivity index (χ2n) is 14.5. The van der Waals surface area contributed by atoms with Crippen LogP contribution in [-0.4, -0.2) is 78.3 Å². The van der Waals surface area contributed by atoms with Gasteiger partial charge < -0.3 is 43.7 Å². The maximum absolute atomic E-state index is 10.5. The molecule has 1 aliphatic heterocycles. The SMILES string of the molecule is C=COc1ccc(C(C)(C)c2ccc(C)cc2)cc1.C=COc1ccc(C(C)(C)c2ccc(OCC(C)O)cc2)cc1.COC(=O)/C=C/C(=O)O.COC(=O)C1O[C@@H]1C(=O)O. The lowest BCUT2D eigenvalue weighted by Crippen LogP contribution is -2.19. The highest BCUT2D eigenvalue weighted by Gasteiger charge is 2.51. The van der Waals surface area contributed by atoms with Crippen LogP contribution in [-0.2, 0) is 44.2 Å². The van der Waals surface area contributed by atoms with Gasteiger partial charge in [-0.15, -0.1) is 0 Å². The summed E-state index contributed by atoms with van der Waals surface area (Å²) in [5, 5.41) is 25.5. The van der Waals surface area contributed by atoms with Crippen LogP contribution in [0.5, 0.6) is 17.2 Å². The summed E-state index contributed by atoms with van der Waals surface area (Å²) in [5.74, 6) is -1.24. The van der Waals surface area contributed by atoms with E-state index in [0.29, 0.717) is 12.7 Å². The first-order valence-corrected chi connectivity index (χ1v) is 19.0. The lowest BCUT2D eigenvalue weighted by molar-refractivity contribution is -0.143. The number of aliphatic hydroxyl groups excluding tert-OH is 1. The van der Waals surface area contributed by atoms with Gasteiger partial charge in [0, 0.05) is 23.0 Å². The number of aliphatic carboxylic acids is 2. The average Bonchev–Trinajstić information content (AvgIpc) is 4.05. The Labute approximate surface area is 357 Å². The van der Waals surface area contributed by atoms with Crippen LogP contribution in [0.15, 0.2) is 135 Å². The second kappa shape index (κ2) is 24.4. The summed E-state index contributed by atoms with van der Waals surface area (Å²) in [6.45, 7) is 20.1. The highest BCUT2D eigenvalue weighted by atomic mass is 16.7. The highest BCUT2D eigenvalue weighted by molar-refractivity contribution is 5.90. The fraction of sp³-hybridized carbons (Fsp3) is 0.292. The summed E-state index contributed by atoms with van der Waals surface area (Å²) in [7, 11) is 2.36. The molecule has 0 saturated carbocycles. The molecule has 61 heavy (non-hydrogen) atoms. The van der Waals surface area contributed by atoms with Gasteiger partial charge >= 0.3 is 23.9 Å². The summed E-state index contributed by atoms with van der Waals surface area (Å²) < 4.78 is 28.8. The average molecular weight is 841 g/mol. The normalized spacial score (nSPS) is 14.4. The zero-order valence-corrected chi connectivity index (χ0v) is 35.8. The minimum Gasteiger partial charge on any atom is -0.491 e. The molecule has 1 aliphatic rings. The third-order valence-electron chi connectivity index (χ3n) is 9.16. The van der Waals surface area contributed by atoms with E-state index in [-0.39, 0.29) is 10.8 Å². The Balaban J connectivity index is 0.000000301. The number of aryl methyl sites for hydroxylation is 1. The molecule has 13 nitrogen and oxygen atoms in total. The smallest absolute Gasteiger partial charge is 0.338 e. The Kier molecular flexibility index (Phi) is 20.2. The van der Waals surface area contributed by atoms with Gasteiger partial charge in [-0.3, -0.25) is 0 Å². The van der Waals surface area contributed by atoms with E-state index in [2.05, 4.69) is 123 Å². The number of ether oxygens (including phenoxy) is 6. The molecule has 3 atom stereocenters. The molecule has 0 radical (unpaired) electrons. The molecule has 0 amide bonds. The molecule has 4 aromatic carbocycles. The zero-order valence-electron chi connectivity index (χ0n) is 35.8. The Morgan fingerprint density at radius 2 is 1.05 bits per heavy atom. The van der Waals surface area contributed by atoms with Gasteiger partial charge in [-0.25, -0.2) is 19.2 Å². The quantitative estimate of drug-likeness (QED) is 0.0453. The molecule has 5 rings (SSSR count). The predicted octanol–water partition coefficient (Wildman–Crippen LogP) is 7.95. The number of methoxy groups -OCH3 is 2. The first kappa shape index (κ1) is 50.4. The molecule has 1 saturated heterocycles. The summed E-state index contributed by atoms with van der Waals surface area (Å²) in [6.07, 6.45) is 2.07. The molecule has 326 valence electrons. The van der Waals surface area contributed by atoms with Crippen LogP contribution >= 0.6 is 0 Å². The largest absolute Gasteiger partial charge is 0.491 e. The van der Waals surface area contributed by atoms with E-state index in [1.165, 1.54) is 54.6 Å². The van der Waals surface area contributed by atoms with Crippen LogP contribution in [0.3, 0.4) is 0 Å². The van der Waals surface area contributed by atoms with E-state index < -0.39 is 42.2 Å². The number of carboxylic acids is 2. The van der Waals surface area contributed by atoms with Crippen molar-refractivity contribution in [1.29, 1.82) is 0 Å². The van der Waals surface area contributed by atoms with Crippen molar-refractivity contribution in [2.45, 2.75) is 70.7 Å². The predicted molar refractivity (Wildman–Crippen MR) is 231 cm³/mol. The number of rotatable bonds is 15. The fourth-order valence-corrected chi connectivity index (χ4v) is 5.38. The van der Waals surface area contributed by atoms with Crippen molar-refractivity contribution in [3.8, 4) is 17.2 Å². The Morgan fingerprint density at radius 1 is 0.656 bits per heavy atom. The first-order chi connectivity index (χ1) is 28.8. The third-order valence-corrected chi connectivity index (χ3v) is 9.16. The van der Waals surface area contributed by atoms with Crippen LogP contribution in [0.4, 0.5) is 0 Å². The van der Waals surface area contributed by atoms with Gasteiger partial charge in [0.05, 0.1) is 32.8 Å². The van der Waals surface area contributed by atoms with Crippen molar-refractivity contribution in [2.75, 3.05) is 20.8 Å². The number of carbonyl (C=O) groups is 4. The van der Waals surface area contributed by atoms with Gasteiger partial charge in [-0.05, 0) is 72.5 Å². The molecule has 2 unspecified atom stereocenters. The van der Waals surface area contributed by atoms with Crippen LogP contribution in [0.2, 0.25) is 0 Å². The molecule has 3 N–H and O–H groups in total. The molecule has 0 bridgehead atoms. The molecule has 13 heteroatoms. The first-order valence-electron chi connectivity index (χ1n) is 19.0. The van der Waals surface area contributed by atoms with Gasteiger partial charge in [0.25, 0.3) is 0 Å². The Morgan fingerprint density at radius 3 is 1.36 bits per heavy atom.